The number of carboxylic acids is 1. The molecule has 0 atom stereocenters. The summed E-state index contributed by atoms with van der Waals surface area (Å²) >= 11 is 0. The lowest BCUT2D eigenvalue weighted by Crippen LogP contribution is -2.09. The van der Waals surface area contributed by atoms with Gasteiger partial charge in [0.1, 0.15) is 22.9 Å². The van der Waals surface area contributed by atoms with E-state index in [0.29, 0.717) is 33.6 Å². The number of phenols is 2. The second-order valence-electron chi connectivity index (χ2n) is 7.24. The number of benzene rings is 2. The van der Waals surface area contributed by atoms with Crippen LogP contribution in [-0.2, 0) is 11.3 Å². The molecule has 0 radical (unpaired) electrons. The second kappa shape index (κ2) is 8.91. The summed E-state index contributed by atoms with van der Waals surface area (Å²) in [6.45, 7) is -0.379. The number of phenolic OH excluding ortho intramolecular Hbond substituents is 2. The quantitative estimate of drug-likeness (QED) is 0.350. The summed E-state index contributed by atoms with van der Waals surface area (Å²) < 4.78 is 12.1. The van der Waals surface area contributed by atoms with E-state index in [2.05, 4.69) is 4.98 Å². The number of ether oxygens (including phenoxy) is 2. The molecular formula is C24H20N2O7. The maximum Gasteiger partial charge on any atom is 0.341 e. The van der Waals surface area contributed by atoms with Gasteiger partial charge in [-0.25, -0.2) is 4.79 Å². The van der Waals surface area contributed by atoms with Crippen molar-refractivity contribution in [3.05, 3.63) is 77.5 Å². The SMILES string of the molecule is COc1ccc2c(C(=O)c3ccc(O)cc3)cn(Cc3cc(OCC(=O)O)ccc3O)c2n1. The smallest absolute Gasteiger partial charge is 0.341 e. The molecule has 2 aromatic carbocycles. The molecule has 9 heteroatoms. The van der Waals surface area contributed by atoms with E-state index in [9.17, 15) is 19.8 Å². The minimum Gasteiger partial charge on any atom is -0.508 e. The fraction of sp³-hybridized carbons (Fsp3) is 0.125. The van der Waals surface area contributed by atoms with Crippen molar-refractivity contribution in [1.82, 2.24) is 9.55 Å². The van der Waals surface area contributed by atoms with E-state index in [-0.39, 0.29) is 29.6 Å². The average molecular weight is 448 g/mol. The highest BCUT2D eigenvalue weighted by atomic mass is 16.5. The molecule has 0 bridgehead atoms. The van der Waals surface area contributed by atoms with Gasteiger partial charge in [0.15, 0.2) is 12.4 Å². The number of hydrogen-bond donors (Lipinski definition) is 3. The van der Waals surface area contributed by atoms with Crippen molar-refractivity contribution >= 4 is 22.8 Å². The number of fused-ring (bicyclic) bond motifs is 1. The van der Waals surface area contributed by atoms with E-state index < -0.39 is 12.6 Å². The van der Waals surface area contributed by atoms with Crippen molar-refractivity contribution in [2.75, 3.05) is 13.7 Å². The number of ketones is 1. The van der Waals surface area contributed by atoms with Gasteiger partial charge in [0.25, 0.3) is 0 Å². The molecule has 33 heavy (non-hydrogen) atoms. The van der Waals surface area contributed by atoms with Crippen molar-refractivity contribution in [2.45, 2.75) is 6.54 Å². The van der Waals surface area contributed by atoms with Crippen LogP contribution in [0.3, 0.4) is 0 Å². The summed E-state index contributed by atoms with van der Waals surface area (Å²) in [5.74, 6) is -0.696. The van der Waals surface area contributed by atoms with Crippen LogP contribution in [-0.4, -0.2) is 50.3 Å². The zero-order valence-electron chi connectivity index (χ0n) is 17.6. The number of aromatic hydroxyl groups is 2. The number of aromatic nitrogens is 2. The Morgan fingerprint density at radius 3 is 2.48 bits per heavy atom. The summed E-state index contributed by atoms with van der Waals surface area (Å²) in [5.41, 5.74) is 1.70. The zero-order chi connectivity index (χ0) is 23.5. The molecule has 3 N–H and O–H groups in total. The minimum absolute atomic E-state index is 0.0196. The normalized spacial score (nSPS) is 10.8. The van der Waals surface area contributed by atoms with Crippen LogP contribution in [0.25, 0.3) is 11.0 Å². The molecule has 0 aliphatic rings. The van der Waals surface area contributed by atoms with Crippen LogP contribution in [0.4, 0.5) is 0 Å². The first-order valence-electron chi connectivity index (χ1n) is 9.90. The molecule has 9 nitrogen and oxygen atoms in total. The number of aliphatic carboxylic acids is 1. The number of rotatable bonds is 8. The maximum absolute atomic E-state index is 13.2. The Morgan fingerprint density at radius 2 is 1.79 bits per heavy atom. The summed E-state index contributed by atoms with van der Waals surface area (Å²) in [7, 11) is 1.49. The third-order valence-electron chi connectivity index (χ3n) is 5.03. The van der Waals surface area contributed by atoms with Gasteiger partial charge in [0, 0.05) is 34.3 Å². The molecule has 0 aliphatic carbocycles. The summed E-state index contributed by atoms with van der Waals surface area (Å²) in [6, 6.07) is 13.7. The lowest BCUT2D eigenvalue weighted by molar-refractivity contribution is -0.139. The van der Waals surface area contributed by atoms with Crippen LogP contribution in [0.5, 0.6) is 23.1 Å². The Hall–Kier alpha value is -4.53. The van der Waals surface area contributed by atoms with Gasteiger partial charge >= 0.3 is 5.97 Å². The van der Waals surface area contributed by atoms with Gasteiger partial charge in [0.05, 0.1) is 13.7 Å². The summed E-state index contributed by atoms with van der Waals surface area (Å²) in [4.78, 5) is 28.4. The summed E-state index contributed by atoms with van der Waals surface area (Å²) in [5, 5.41) is 29.3. The van der Waals surface area contributed by atoms with Crippen LogP contribution in [0.15, 0.2) is 60.8 Å². The molecular weight excluding hydrogens is 428 g/mol. The fourth-order valence-electron chi connectivity index (χ4n) is 3.44. The van der Waals surface area contributed by atoms with Gasteiger partial charge in [-0.3, -0.25) is 4.79 Å². The highest BCUT2D eigenvalue weighted by Gasteiger charge is 2.19. The first-order valence-corrected chi connectivity index (χ1v) is 9.90. The number of pyridine rings is 1. The lowest BCUT2D eigenvalue weighted by Gasteiger charge is -2.10. The standard InChI is InChI=1S/C24H20N2O7/c1-32-21-9-7-18-19(23(31)14-2-4-16(27)5-3-14)12-26(24(18)25-21)11-15-10-17(6-8-20(15)28)33-13-22(29)30/h2-10,12,27-28H,11,13H2,1H3,(H,29,30). The van der Waals surface area contributed by atoms with Crippen molar-refractivity contribution in [2.24, 2.45) is 0 Å². The largest absolute Gasteiger partial charge is 0.508 e. The van der Waals surface area contributed by atoms with Crippen molar-refractivity contribution in [1.29, 1.82) is 0 Å². The Balaban J connectivity index is 1.76. The van der Waals surface area contributed by atoms with E-state index >= 15 is 0 Å². The molecule has 4 rings (SSSR count). The highest BCUT2D eigenvalue weighted by molar-refractivity contribution is 6.16. The third kappa shape index (κ3) is 4.57. The fourth-order valence-corrected chi connectivity index (χ4v) is 3.44. The number of hydrogen-bond acceptors (Lipinski definition) is 7. The molecule has 2 aromatic heterocycles. The molecule has 0 fully saturated rings. The third-order valence-corrected chi connectivity index (χ3v) is 5.03. The van der Waals surface area contributed by atoms with Crippen LogP contribution in [0.2, 0.25) is 0 Å². The van der Waals surface area contributed by atoms with E-state index in [4.69, 9.17) is 14.6 Å². The number of carboxylic acid groups (broad SMARTS) is 1. The van der Waals surface area contributed by atoms with Crippen LogP contribution >= 0.6 is 0 Å². The maximum atomic E-state index is 13.2. The molecule has 0 saturated carbocycles. The molecule has 0 unspecified atom stereocenters. The molecule has 0 saturated heterocycles. The molecule has 168 valence electrons. The van der Waals surface area contributed by atoms with Crippen molar-refractivity contribution in [3.8, 4) is 23.1 Å². The Morgan fingerprint density at radius 1 is 1.03 bits per heavy atom. The van der Waals surface area contributed by atoms with Crippen molar-refractivity contribution < 1.29 is 34.4 Å². The van der Waals surface area contributed by atoms with E-state index in [0.717, 1.165) is 0 Å². The monoisotopic (exact) mass is 448 g/mol. The topological polar surface area (TPSA) is 131 Å². The molecule has 0 amide bonds. The van der Waals surface area contributed by atoms with E-state index in [1.54, 1.807) is 22.9 Å². The summed E-state index contributed by atoms with van der Waals surface area (Å²) in [6.07, 6.45) is 1.64. The van der Waals surface area contributed by atoms with Gasteiger partial charge in [-0.1, -0.05) is 0 Å². The number of carbonyl (C=O) groups is 2. The van der Waals surface area contributed by atoms with Crippen LogP contribution < -0.4 is 9.47 Å². The first kappa shape index (κ1) is 21.7. The van der Waals surface area contributed by atoms with Crippen LogP contribution in [0, 0.1) is 0 Å². The average Bonchev–Trinajstić information content (AvgIpc) is 3.17. The van der Waals surface area contributed by atoms with Gasteiger partial charge in [0.2, 0.25) is 5.88 Å². The lowest BCUT2D eigenvalue weighted by atomic mass is 10.0. The molecule has 0 aliphatic heterocycles. The van der Waals surface area contributed by atoms with Crippen molar-refractivity contribution in [3.63, 3.8) is 0 Å². The number of carbonyl (C=O) groups excluding carboxylic acids is 1. The van der Waals surface area contributed by atoms with Gasteiger partial charge in [-0.05, 0) is 48.5 Å². The second-order valence-corrected chi connectivity index (χ2v) is 7.24. The number of methoxy groups -OCH3 is 1. The van der Waals surface area contributed by atoms with E-state index in [1.807, 2.05) is 0 Å². The zero-order valence-corrected chi connectivity index (χ0v) is 17.6. The Kier molecular flexibility index (Phi) is 5.86. The first-order chi connectivity index (χ1) is 15.9. The molecule has 2 heterocycles. The predicted molar refractivity (Wildman–Crippen MR) is 118 cm³/mol. The predicted octanol–water partition coefficient (Wildman–Crippen LogP) is 3.20. The Bertz CT molecular complexity index is 1340. The van der Waals surface area contributed by atoms with Gasteiger partial charge < -0.3 is 29.4 Å². The minimum atomic E-state index is -1.12. The molecule has 0 spiro atoms. The number of nitrogens with zero attached hydrogens (tertiary/aromatic N) is 2. The van der Waals surface area contributed by atoms with Gasteiger partial charge in [-0.2, -0.15) is 4.98 Å². The highest BCUT2D eigenvalue weighted by Crippen LogP contribution is 2.29. The van der Waals surface area contributed by atoms with Crippen LogP contribution in [0.1, 0.15) is 21.5 Å². The van der Waals surface area contributed by atoms with E-state index in [1.165, 1.54) is 49.6 Å². The van der Waals surface area contributed by atoms with Gasteiger partial charge in [-0.15, -0.1) is 0 Å². The molecule has 4 aromatic rings. The Labute approximate surface area is 188 Å².